The monoisotopic (exact) mass is 418 g/mol. The summed E-state index contributed by atoms with van der Waals surface area (Å²) >= 11 is 0. The second-order valence-corrected chi connectivity index (χ2v) is 11.3. The van der Waals surface area contributed by atoms with Crippen LogP contribution in [0.25, 0.3) is 0 Å². The van der Waals surface area contributed by atoms with Crippen LogP contribution in [0.1, 0.15) is 119 Å². The van der Waals surface area contributed by atoms with E-state index in [0.29, 0.717) is 37.1 Å². The van der Waals surface area contributed by atoms with Crippen molar-refractivity contribution in [2.45, 2.75) is 119 Å². The number of rotatable bonds is 20. The van der Waals surface area contributed by atoms with Crippen LogP contribution >= 0.6 is 7.60 Å². The maximum absolute atomic E-state index is 13.3. The quantitative estimate of drug-likeness (QED) is 0.185. The fraction of sp³-hybridized carbons (Fsp3) is 1.00. The average Bonchev–Trinajstić information content (AvgIpc) is 2.67. The Balaban J connectivity index is 4.47. The summed E-state index contributed by atoms with van der Waals surface area (Å²) in [5.41, 5.74) is 0. The Morgan fingerprint density at radius 2 is 0.964 bits per heavy atom. The van der Waals surface area contributed by atoms with Crippen LogP contribution in [-0.2, 0) is 13.6 Å². The highest BCUT2D eigenvalue weighted by atomic mass is 31.2. The minimum Gasteiger partial charge on any atom is -0.309 e. The van der Waals surface area contributed by atoms with Crippen molar-refractivity contribution in [3.63, 3.8) is 0 Å². The third-order valence-corrected chi connectivity index (χ3v) is 7.80. The van der Waals surface area contributed by atoms with Gasteiger partial charge in [-0.25, -0.2) is 0 Å². The predicted octanol–water partition coefficient (Wildman–Crippen LogP) is 8.86. The maximum Gasteiger partial charge on any atom is 0.330 e. The molecule has 0 saturated heterocycles. The first kappa shape index (κ1) is 28.1. The molecule has 0 spiro atoms. The molecule has 0 saturated carbocycles. The highest BCUT2D eigenvalue weighted by molar-refractivity contribution is 7.53. The van der Waals surface area contributed by atoms with Crippen molar-refractivity contribution >= 4 is 7.60 Å². The van der Waals surface area contributed by atoms with Gasteiger partial charge < -0.3 is 9.05 Å². The van der Waals surface area contributed by atoms with Gasteiger partial charge in [0.2, 0.25) is 0 Å². The lowest BCUT2D eigenvalue weighted by atomic mass is 10.0. The summed E-state index contributed by atoms with van der Waals surface area (Å²) in [6.45, 7) is 14.6. The molecule has 0 bridgehead atoms. The number of unbranched alkanes of at least 4 members (excludes halogenated alkanes) is 3. The van der Waals surface area contributed by atoms with Crippen molar-refractivity contribution in [3.8, 4) is 0 Å². The molecule has 4 heteroatoms. The van der Waals surface area contributed by atoms with Crippen LogP contribution < -0.4 is 0 Å². The highest BCUT2D eigenvalue weighted by Gasteiger charge is 2.25. The Labute approximate surface area is 177 Å². The van der Waals surface area contributed by atoms with Crippen LogP contribution in [0.2, 0.25) is 0 Å². The minimum absolute atomic E-state index is 0.566. The Kier molecular flexibility index (Phi) is 18.1. The van der Waals surface area contributed by atoms with E-state index in [0.717, 1.165) is 19.3 Å². The lowest BCUT2D eigenvalue weighted by Gasteiger charge is -2.22. The van der Waals surface area contributed by atoms with Crippen LogP contribution in [0.3, 0.4) is 0 Å². The van der Waals surface area contributed by atoms with E-state index in [2.05, 4.69) is 41.5 Å². The zero-order valence-corrected chi connectivity index (χ0v) is 20.9. The second kappa shape index (κ2) is 18.0. The molecule has 0 aromatic heterocycles. The van der Waals surface area contributed by atoms with E-state index in [9.17, 15) is 4.57 Å². The third kappa shape index (κ3) is 16.0. The number of hydrogen-bond donors (Lipinski definition) is 0. The molecule has 0 N–H and O–H groups in total. The van der Waals surface area contributed by atoms with E-state index >= 15 is 0 Å². The highest BCUT2D eigenvalue weighted by Crippen LogP contribution is 2.50. The van der Waals surface area contributed by atoms with Gasteiger partial charge in [-0.15, -0.1) is 0 Å². The van der Waals surface area contributed by atoms with Crippen LogP contribution in [0, 0.1) is 17.8 Å². The van der Waals surface area contributed by atoms with Crippen LogP contribution in [0.15, 0.2) is 0 Å². The topological polar surface area (TPSA) is 35.5 Å². The van der Waals surface area contributed by atoms with Gasteiger partial charge in [0.05, 0.1) is 19.4 Å². The van der Waals surface area contributed by atoms with Gasteiger partial charge in [-0.3, -0.25) is 4.57 Å². The van der Waals surface area contributed by atoms with Gasteiger partial charge in [0.25, 0.3) is 0 Å². The van der Waals surface area contributed by atoms with Crippen molar-refractivity contribution in [2.24, 2.45) is 17.8 Å². The van der Waals surface area contributed by atoms with Gasteiger partial charge in [0, 0.05) is 0 Å². The lowest BCUT2D eigenvalue weighted by Crippen LogP contribution is -2.09. The Morgan fingerprint density at radius 1 is 0.607 bits per heavy atom. The molecule has 0 aromatic rings. The molecule has 3 atom stereocenters. The summed E-state index contributed by atoms with van der Waals surface area (Å²) in [4.78, 5) is 0. The summed E-state index contributed by atoms with van der Waals surface area (Å²) in [6.07, 6.45) is 14.6. The summed E-state index contributed by atoms with van der Waals surface area (Å²) in [7, 11) is -2.97. The molecular weight excluding hydrogens is 367 g/mol. The van der Waals surface area contributed by atoms with Gasteiger partial charge in [0.1, 0.15) is 0 Å². The van der Waals surface area contributed by atoms with Crippen LogP contribution in [-0.4, -0.2) is 19.4 Å². The molecule has 0 aromatic carbocycles. The molecule has 170 valence electrons. The molecule has 3 nitrogen and oxygen atoms in total. The Bertz CT molecular complexity index is 362. The van der Waals surface area contributed by atoms with Gasteiger partial charge in [-0.1, -0.05) is 99.3 Å². The first-order valence-electron chi connectivity index (χ1n) is 12.2. The van der Waals surface area contributed by atoms with Crippen molar-refractivity contribution in [2.75, 3.05) is 19.4 Å². The van der Waals surface area contributed by atoms with Crippen molar-refractivity contribution in [3.05, 3.63) is 0 Å². The average molecular weight is 419 g/mol. The molecule has 0 aliphatic heterocycles. The van der Waals surface area contributed by atoms with E-state index in [4.69, 9.17) is 9.05 Å². The molecular formula is C24H51O3P. The molecule has 28 heavy (non-hydrogen) atoms. The van der Waals surface area contributed by atoms with E-state index in [1.807, 2.05) is 0 Å². The molecule has 0 aliphatic rings. The molecule has 0 amide bonds. The molecule has 0 fully saturated rings. The van der Waals surface area contributed by atoms with Crippen LogP contribution in [0.5, 0.6) is 0 Å². The van der Waals surface area contributed by atoms with E-state index < -0.39 is 7.60 Å². The predicted molar refractivity (Wildman–Crippen MR) is 124 cm³/mol. The summed E-state index contributed by atoms with van der Waals surface area (Å²) in [5.74, 6) is 1.85. The smallest absolute Gasteiger partial charge is 0.309 e. The fourth-order valence-electron chi connectivity index (χ4n) is 3.42. The van der Waals surface area contributed by atoms with Crippen molar-refractivity contribution < 1.29 is 13.6 Å². The van der Waals surface area contributed by atoms with Gasteiger partial charge in [-0.2, -0.15) is 0 Å². The standard InChI is InChI=1S/C24H51O3P/c1-7-10-13-22(4)16-19-26-28(25,21-18-24(6)15-12-9-3)27-20-17-23(5)14-11-8-2/h22-24H,7-21H2,1-6H3. The molecule has 3 unspecified atom stereocenters. The van der Waals surface area contributed by atoms with Gasteiger partial charge in [-0.05, 0) is 37.0 Å². The largest absolute Gasteiger partial charge is 0.330 e. The first-order chi connectivity index (χ1) is 13.4. The minimum atomic E-state index is -2.97. The Hall–Kier alpha value is 0.150. The SMILES string of the molecule is CCCCC(C)CCOP(=O)(CCC(C)CCCC)OCCC(C)CCCC. The lowest BCUT2D eigenvalue weighted by molar-refractivity contribution is 0.182. The summed E-state index contributed by atoms with van der Waals surface area (Å²) in [5, 5.41) is 0. The van der Waals surface area contributed by atoms with E-state index in [1.54, 1.807) is 0 Å². The molecule has 0 radical (unpaired) electrons. The molecule has 0 heterocycles. The van der Waals surface area contributed by atoms with Crippen molar-refractivity contribution in [1.82, 2.24) is 0 Å². The first-order valence-corrected chi connectivity index (χ1v) is 14.0. The van der Waals surface area contributed by atoms with Crippen LogP contribution in [0.4, 0.5) is 0 Å². The maximum atomic E-state index is 13.3. The fourth-order valence-corrected chi connectivity index (χ4v) is 5.28. The normalized spacial score (nSPS) is 17.2. The van der Waals surface area contributed by atoms with Gasteiger partial charge >= 0.3 is 7.60 Å². The van der Waals surface area contributed by atoms with E-state index in [1.165, 1.54) is 57.8 Å². The zero-order valence-electron chi connectivity index (χ0n) is 20.0. The summed E-state index contributed by atoms with van der Waals surface area (Å²) in [6, 6.07) is 0. The molecule has 0 aliphatic carbocycles. The molecule has 0 rings (SSSR count). The number of hydrogen-bond acceptors (Lipinski definition) is 3. The zero-order chi connectivity index (χ0) is 21.3. The Morgan fingerprint density at radius 3 is 1.32 bits per heavy atom. The second-order valence-electron chi connectivity index (χ2n) is 9.11. The van der Waals surface area contributed by atoms with E-state index in [-0.39, 0.29) is 0 Å². The third-order valence-electron chi connectivity index (χ3n) is 5.84. The van der Waals surface area contributed by atoms with Gasteiger partial charge in [0.15, 0.2) is 0 Å². The van der Waals surface area contributed by atoms with Crippen molar-refractivity contribution in [1.29, 1.82) is 0 Å². The summed E-state index contributed by atoms with van der Waals surface area (Å²) < 4.78 is 25.2.